The summed E-state index contributed by atoms with van der Waals surface area (Å²) in [5, 5.41) is 3.65. The molecule has 4 aliphatic heterocycles. The maximum atomic E-state index is 13.3. The van der Waals surface area contributed by atoms with E-state index in [0.717, 1.165) is 22.6 Å². The average Bonchev–Trinajstić information content (AvgIpc) is 3.59. The molecule has 2 aromatic carbocycles. The Bertz CT molecular complexity index is 1260. The van der Waals surface area contributed by atoms with Crippen molar-refractivity contribution < 1.29 is 32.2 Å². The number of fused-ring (bicyclic) bond motifs is 6. The number of carbonyl (C=O) groups is 2. The van der Waals surface area contributed by atoms with E-state index >= 15 is 0 Å². The predicted octanol–water partition coefficient (Wildman–Crippen LogP) is 3.10. The van der Waals surface area contributed by atoms with Gasteiger partial charge in [-0.1, -0.05) is 12.1 Å². The van der Waals surface area contributed by atoms with Crippen LogP contribution in [0.3, 0.4) is 0 Å². The number of benzene rings is 2. The van der Waals surface area contributed by atoms with Gasteiger partial charge in [0.15, 0.2) is 16.6 Å². The Morgan fingerprint density at radius 1 is 1.11 bits per heavy atom. The number of likely N-dealkylation sites (tertiary alicyclic amines) is 1. The Morgan fingerprint density at radius 3 is 2.71 bits per heavy atom. The van der Waals surface area contributed by atoms with Crippen LogP contribution in [-0.4, -0.2) is 58.3 Å². The predicted molar refractivity (Wildman–Crippen MR) is 121 cm³/mol. The first-order valence-electron chi connectivity index (χ1n) is 11.0. The normalized spacial score (nSPS) is 24.4. The minimum Gasteiger partial charge on any atom is -0.454 e. The standard InChI is InChI=1S/C23H19F3N4O4S/c24-23(25,26)13-2-1-3-14(7-13)30-20(31)19-16-8-15(29(19)22(30)32)10-28(16)21(35)27-9-12-4-5-17-18(6-12)34-11-33-17/h1-7,15-16,19H,8-11H2,(H,27,35)/t15?,16?,19-/m1/s1. The van der Waals surface area contributed by atoms with E-state index in [0.29, 0.717) is 36.1 Å². The summed E-state index contributed by atoms with van der Waals surface area (Å²) in [6, 6.07) is 7.87. The number of nitrogens with one attached hydrogen (secondary N) is 1. The highest BCUT2D eigenvalue weighted by atomic mass is 32.1. The molecule has 2 aromatic rings. The summed E-state index contributed by atoms with van der Waals surface area (Å²) >= 11 is 5.59. The molecule has 3 amide bonds. The van der Waals surface area contributed by atoms with E-state index in [1.807, 2.05) is 23.1 Å². The van der Waals surface area contributed by atoms with Gasteiger partial charge in [-0.05, 0) is 54.5 Å². The van der Waals surface area contributed by atoms with Crippen LogP contribution >= 0.6 is 12.2 Å². The number of hydrogen-bond donors (Lipinski definition) is 1. The first-order chi connectivity index (χ1) is 16.7. The van der Waals surface area contributed by atoms with Crippen molar-refractivity contribution in [1.29, 1.82) is 0 Å². The van der Waals surface area contributed by atoms with Gasteiger partial charge in [-0.25, -0.2) is 9.69 Å². The maximum Gasteiger partial charge on any atom is 0.416 e. The van der Waals surface area contributed by atoms with Gasteiger partial charge < -0.3 is 24.6 Å². The highest BCUT2D eigenvalue weighted by Gasteiger charge is 2.62. The lowest BCUT2D eigenvalue weighted by atomic mass is 10.1. The molecular weight excluding hydrogens is 485 g/mol. The van der Waals surface area contributed by atoms with Crippen molar-refractivity contribution in [3.05, 3.63) is 53.6 Å². The lowest BCUT2D eigenvalue weighted by Gasteiger charge is -2.36. The van der Waals surface area contributed by atoms with Crippen LogP contribution in [0.4, 0.5) is 23.7 Å². The van der Waals surface area contributed by atoms with Crippen molar-refractivity contribution in [2.75, 3.05) is 18.2 Å². The Balaban J connectivity index is 1.17. The summed E-state index contributed by atoms with van der Waals surface area (Å²) in [4.78, 5) is 30.6. The van der Waals surface area contributed by atoms with Crippen LogP contribution in [0.2, 0.25) is 0 Å². The lowest BCUT2D eigenvalue weighted by molar-refractivity contribution is -0.137. The second-order valence-electron chi connectivity index (χ2n) is 8.81. The Hall–Kier alpha value is -3.54. The zero-order chi connectivity index (χ0) is 24.5. The van der Waals surface area contributed by atoms with Crippen molar-refractivity contribution in [2.24, 2.45) is 0 Å². The monoisotopic (exact) mass is 504 g/mol. The van der Waals surface area contributed by atoms with Gasteiger partial charge in [0.25, 0.3) is 5.91 Å². The second kappa shape index (κ2) is 7.74. The van der Waals surface area contributed by atoms with Crippen LogP contribution in [0.25, 0.3) is 0 Å². The molecule has 1 N–H and O–H groups in total. The third kappa shape index (κ3) is 3.46. The van der Waals surface area contributed by atoms with Gasteiger partial charge in [0, 0.05) is 13.1 Å². The SMILES string of the molecule is O=C1[C@H]2C3CC(CN3C(=S)NCc3ccc4c(c3)OCO4)N2C(=O)N1c1cccc(C(F)(F)F)c1. The van der Waals surface area contributed by atoms with Gasteiger partial charge in [-0.3, -0.25) is 4.79 Å². The Labute approximate surface area is 203 Å². The molecule has 3 fully saturated rings. The van der Waals surface area contributed by atoms with E-state index in [1.54, 1.807) is 0 Å². The smallest absolute Gasteiger partial charge is 0.416 e. The Morgan fingerprint density at radius 2 is 1.91 bits per heavy atom. The van der Waals surface area contributed by atoms with Crippen LogP contribution in [-0.2, 0) is 17.5 Å². The first-order valence-corrected chi connectivity index (χ1v) is 11.4. The van der Waals surface area contributed by atoms with E-state index in [-0.39, 0.29) is 24.6 Å². The number of rotatable bonds is 3. The molecule has 0 aliphatic carbocycles. The van der Waals surface area contributed by atoms with E-state index in [4.69, 9.17) is 21.7 Å². The summed E-state index contributed by atoms with van der Waals surface area (Å²) in [5.41, 5.74) is -0.0646. The van der Waals surface area contributed by atoms with Gasteiger partial charge in [-0.15, -0.1) is 0 Å². The van der Waals surface area contributed by atoms with Crippen molar-refractivity contribution in [3.63, 3.8) is 0 Å². The quantitative estimate of drug-likeness (QED) is 0.509. The number of ether oxygens (including phenoxy) is 2. The molecule has 3 saturated heterocycles. The molecule has 0 spiro atoms. The van der Waals surface area contributed by atoms with Crippen LogP contribution in [0, 0.1) is 0 Å². The number of hydrogen-bond acceptors (Lipinski definition) is 5. The van der Waals surface area contributed by atoms with Gasteiger partial charge in [0.2, 0.25) is 6.79 Å². The summed E-state index contributed by atoms with van der Waals surface area (Å²) < 4.78 is 50.2. The number of carbonyl (C=O) groups excluding carboxylic acids is 2. The summed E-state index contributed by atoms with van der Waals surface area (Å²) in [6.45, 7) is 1.06. The fourth-order valence-corrected chi connectivity index (χ4v) is 5.56. The molecule has 2 bridgehead atoms. The van der Waals surface area contributed by atoms with Crippen LogP contribution in [0.1, 0.15) is 17.5 Å². The lowest BCUT2D eigenvalue weighted by Crippen LogP contribution is -2.56. The topological polar surface area (TPSA) is 74.4 Å². The minimum absolute atomic E-state index is 0.0846. The summed E-state index contributed by atoms with van der Waals surface area (Å²) in [5.74, 6) is 0.809. The zero-order valence-corrected chi connectivity index (χ0v) is 18.9. The molecule has 6 rings (SSSR count). The molecule has 182 valence electrons. The number of nitrogens with zero attached hydrogens (tertiary/aromatic N) is 3. The molecule has 0 aromatic heterocycles. The van der Waals surface area contributed by atoms with E-state index in [2.05, 4.69) is 5.32 Å². The van der Waals surface area contributed by atoms with Gasteiger partial charge in [0.1, 0.15) is 6.04 Å². The van der Waals surface area contributed by atoms with E-state index in [9.17, 15) is 22.8 Å². The molecule has 4 heterocycles. The van der Waals surface area contributed by atoms with Crippen LogP contribution in [0.15, 0.2) is 42.5 Å². The third-order valence-electron chi connectivity index (χ3n) is 6.84. The highest BCUT2D eigenvalue weighted by molar-refractivity contribution is 7.80. The molecule has 12 heteroatoms. The fraction of sp³-hybridized carbons (Fsp3) is 0.348. The minimum atomic E-state index is -4.58. The number of thiocarbonyl (C=S) groups is 1. The molecule has 2 unspecified atom stereocenters. The third-order valence-corrected chi connectivity index (χ3v) is 7.22. The molecular formula is C23H19F3N4O4S. The highest BCUT2D eigenvalue weighted by Crippen LogP contribution is 2.43. The number of alkyl halides is 3. The zero-order valence-electron chi connectivity index (χ0n) is 18.1. The molecule has 8 nitrogen and oxygen atoms in total. The number of imide groups is 1. The van der Waals surface area contributed by atoms with Gasteiger partial charge >= 0.3 is 12.2 Å². The second-order valence-corrected chi connectivity index (χ2v) is 9.20. The number of amides is 3. The van der Waals surface area contributed by atoms with Gasteiger partial charge in [0.05, 0.1) is 23.3 Å². The molecule has 0 radical (unpaired) electrons. The summed E-state index contributed by atoms with van der Waals surface area (Å²) in [6.07, 6.45) is -4.01. The number of piperazine rings is 1. The van der Waals surface area contributed by atoms with Crippen molar-refractivity contribution in [3.8, 4) is 11.5 Å². The molecule has 0 saturated carbocycles. The molecule has 35 heavy (non-hydrogen) atoms. The molecule has 3 atom stereocenters. The summed E-state index contributed by atoms with van der Waals surface area (Å²) in [7, 11) is 0. The van der Waals surface area contributed by atoms with Crippen molar-refractivity contribution in [1.82, 2.24) is 15.1 Å². The Kier molecular flexibility index (Phi) is 4.85. The van der Waals surface area contributed by atoms with Crippen molar-refractivity contribution in [2.45, 2.75) is 37.3 Å². The average molecular weight is 504 g/mol. The van der Waals surface area contributed by atoms with Crippen molar-refractivity contribution >= 4 is 35.0 Å². The van der Waals surface area contributed by atoms with E-state index < -0.39 is 29.7 Å². The number of urea groups is 1. The maximum absolute atomic E-state index is 13.3. The van der Waals surface area contributed by atoms with E-state index in [1.165, 1.54) is 17.0 Å². The van der Waals surface area contributed by atoms with Crippen LogP contribution in [0.5, 0.6) is 11.5 Å². The van der Waals surface area contributed by atoms with Gasteiger partial charge in [-0.2, -0.15) is 13.2 Å². The number of anilines is 1. The first kappa shape index (κ1) is 22.0. The van der Waals surface area contributed by atoms with Crippen LogP contribution < -0.4 is 19.7 Å². The number of halogens is 3. The fourth-order valence-electron chi connectivity index (χ4n) is 5.28. The largest absolute Gasteiger partial charge is 0.454 e. The molecule has 4 aliphatic rings.